The molecule has 3 heteroatoms. The molecule has 4 rings (SSSR count). The topological polar surface area (TPSA) is 0 Å². The third kappa shape index (κ3) is 8.24. The van der Waals surface area contributed by atoms with E-state index in [2.05, 4.69) is 128 Å². The van der Waals surface area contributed by atoms with Crippen LogP contribution in [0, 0.1) is 0 Å². The molecule has 0 unspecified atom stereocenters. The molecular weight excluding hydrogens is 486 g/mol. The summed E-state index contributed by atoms with van der Waals surface area (Å²) in [5, 5.41) is 6.11. The highest BCUT2D eigenvalue weighted by atomic mass is 31.1. The number of benzene rings is 4. The molecule has 0 N–H and O–H groups in total. The molecule has 0 aliphatic heterocycles. The minimum Gasteiger partial charge on any atom is -0.0657 e. The average Bonchev–Trinajstić information content (AvgIpc) is 2.95. The lowest BCUT2D eigenvalue weighted by atomic mass is 10.4. The minimum atomic E-state index is -0.292. The van der Waals surface area contributed by atoms with Crippen molar-refractivity contribution in [2.24, 2.45) is 0 Å². The Balaban J connectivity index is 1.35. The van der Waals surface area contributed by atoms with Crippen LogP contribution in [0.4, 0.5) is 0 Å². The molecule has 0 aliphatic rings. The Kier molecular flexibility index (Phi) is 11.4. The Bertz CT molecular complexity index is 936. The van der Waals surface area contributed by atoms with Crippen molar-refractivity contribution in [3.05, 3.63) is 121 Å². The highest BCUT2D eigenvalue weighted by Gasteiger charge is 2.18. The Labute approximate surface area is 223 Å². The van der Waals surface area contributed by atoms with Crippen molar-refractivity contribution in [2.45, 2.75) is 44.3 Å². The molecule has 1 radical (unpaired) electrons. The first-order chi connectivity index (χ1) is 17.8. The standard InChI is InChI=1S/C33H39P2Si/c1-2-27-36(28-15-25-34(30-17-7-3-8-18-30)31-19-9-4-10-20-31)29-16-26-35(32-21-11-5-12-22-32)33-23-13-6-14-24-33/h3-14,17-24H,2,15-16,25-29H2,1H3. The van der Waals surface area contributed by atoms with Gasteiger partial charge in [-0.3, -0.25) is 0 Å². The molecule has 4 aromatic rings. The van der Waals surface area contributed by atoms with E-state index in [4.69, 9.17) is 0 Å². The third-order valence-electron chi connectivity index (χ3n) is 6.70. The molecule has 0 fully saturated rings. The van der Waals surface area contributed by atoms with Crippen molar-refractivity contribution in [3.8, 4) is 0 Å². The first-order valence-corrected chi connectivity index (χ1v) is 18.6. The lowest BCUT2D eigenvalue weighted by Gasteiger charge is -2.22. The normalized spacial score (nSPS) is 11.4. The number of rotatable bonds is 14. The largest absolute Gasteiger partial charge is 0.0657 e. The van der Waals surface area contributed by atoms with Gasteiger partial charge in [0.2, 0.25) is 0 Å². The van der Waals surface area contributed by atoms with Crippen LogP contribution in [0.25, 0.3) is 0 Å². The van der Waals surface area contributed by atoms with Crippen LogP contribution in [0.15, 0.2) is 121 Å². The Morgan fingerprint density at radius 2 is 0.750 bits per heavy atom. The predicted molar refractivity (Wildman–Crippen MR) is 168 cm³/mol. The van der Waals surface area contributed by atoms with Gasteiger partial charge in [0.15, 0.2) is 0 Å². The molecule has 0 atom stereocenters. The predicted octanol–water partition coefficient (Wildman–Crippen LogP) is 7.94. The van der Waals surface area contributed by atoms with Gasteiger partial charge in [-0.2, -0.15) is 0 Å². The molecule has 0 heterocycles. The fourth-order valence-corrected chi connectivity index (χ4v) is 13.1. The summed E-state index contributed by atoms with van der Waals surface area (Å²) in [7, 11) is -0.802. The molecule has 0 saturated carbocycles. The van der Waals surface area contributed by atoms with Crippen molar-refractivity contribution in [3.63, 3.8) is 0 Å². The van der Waals surface area contributed by atoms with Gasteiger partial charge in [0, 0.05) is 8.80 Å². The molecule has 0 amide bonds. The molecule has 4 aromatic carbocycles. The molecule has 0 saturated heterocycles. The molecular formula is C33H39P2Si. The quantitative estimate of drug-likeness (QED) is 0.116. The first kappa shape index (κ1) is 27.0. The van der Waals surface area contributed by atoms with Crippen LogP contribution in [0.2, 0.25) is 18.1 Å². The van der Waals surface area contributed by atoms with E-state index >= 15 is 0 Å². The van der Waals surface area contributed by atoms with Crippen LogP contribution >= 0.6 is 15.8 Å². The fraction of sp³-hybridized carbons (Fsp3) is 0.273. The maximum absolute atomic E-state index is 2.38. The highest BCUT2D eigenvalue weighted by molar-refractivity contribution is 7.73. The summed E-state index contributed by atoms with van der Waals surface area (Å²) in [4.78, 5) is 0. The van der Waals surface area contributed by atoms with Crippen LogP contribution < -0.4 is 21.2 Å². The Hall–Kier alpha value is -2.04. The number of hydrogen-bond acceptors (Lipinski definition) is 0. The van der Waals surface area contributed by atoms with Gasteiger partial charge in [-0.05, 0) is 49.4 Å². The first-order valence-electron chi connectivity index (χ1n) is 13.4. The van der Waals surface area contributed by atoms with Gasteiger partial charge in [0.1, 0.15) is 0 Å². The van der Waals surface area contributed by atoms with E-state index < -0.39 is 0 Å². The molecule has 0 nitrogen and oxygen atoms in total. The van der Waals surface area contributed by atoms with Crippen LogP contribution in [0.1, 0.15) is 26.2 Å². The monoisotopic (exact) mass is 525 g/mol. The zero-order valence-corrected chi connectivity index (χ0v) is 24.4. The van der Waals surface area contributed by atoms with Gasteiger partial charge in [0.25, 0.3) is 0 Å². The summed E-state index contributed by atoms with van der Waals surface area (Å²) in [5.41, 5.74) is 0. The smallest absolute Gasteiger partial charge is 0.0479 e. The maximum Gasteiger partial charge on any atom is 0.0479 e. The van der Waals surface area contributed by atoms with Crippen molar-refractivity contribution < 1.29 is 0 Å². The number of hydrogen-bond donors (Lipinski definition) is 0. The van der Waals surface area contributed by atoms with Crippen LogP contribution in [-0.2, 0) is 0 Å². The average molecular weight is 526 g/mol. The zero-order valence-electron chi connectivity index (χ0n) is 21.6. The Morgan fingerprint density at radius 1 is 0.444 bits per heavy atom. The van der Waals surface area contributed by atoms with Crippen molar-refractivity contribution in [1.29, 1.82) is 0 Å². The van der Waals surface area contributed by atoms with E-state index in [9.17, 15) is 0 Å². The van der Waals surface area contributed by atoms with Gasteiger partial charge < -0.3 is 0 Å². The van der Waals surface area contributed by atoms with Gasteiger partial charge in [-0.25, -0.2) is 0 Å². The molecule has 0 aromatic heterocycles. The van der Waals surface area contributed by atoms with E-state index in [0.29, 0.717) is 0 Å². The molecule has 185 valence electrons. The maximum atomic E-state index is 2.38. The van der Waals surface area contributed by atoms with E-state index in [1.165, 1.54) is 70.9 Å². The summed E-state index contributed by atoms with van der Waals surface area (Å²) in [5.74, 6) is 0. The summed E-state index contributed by atoms with van der Waals surface area (Å²) < 4.78 is 0. The summed E-state index contributed by atoms with van der Waals surface area (Å²) in [6.07, 6.45) is 6.72. The Morgan fingerprint density at radius 3 is 1.03 bits per heavy atom. The van der Waals surface area contributed by atoms with E-state index in [0.717, 1.165) is 0 Å². The lowest BCUT2D eigenvalue weighted by Crippen LogP contribution is -2.18. The van der Waals surface area contributed by atoms with Gasteiger partial charge in [-0.15, -0.1) is 0 Å². The third-order valence-corrected chi connectivity index (χ3v) is 15.2. The second-order valence-corrected chi connectivity index (χ2v) is 17.0. The van der Waals surface area contributed by atoms with Crippen LogP contribution in [0.5, 0.6) is 0 Å². The van der Waals surface area contributed by atoms with Crippen LogP contribution in [0.3, 0.4) is 0 Å². The summed E-state index contributed by atoms with van der Waals surface area (Å²) in [6, 6.07) is 49.3. The second-order valence-electron chi connectivity index (χ2n) is 9.35. The van der Waals surface area contributed by atoms with Gasteiger partial charge in [0.05, 0.1) is 0 Å². The van der Waals surface area contributed by atoms with E-state index in [-0.39, 0.29) is 24.6 Å². The van der Waals surface area contributed by atoms with Crippen molar-refractivity contribution in [2.75, 3.05) is 12.3 Å². The highest BCUT2D eigenvalue weighted by Crippen LogP contribution is 2.37. The van der Waals surface area contributed by atoms with Crippen molar-refractivity contribution >= 4 is 45.9 Å². The van der Waals surface area contributed by atoms with Gasteiger partial charge >= 0.3 is 0 Å². The second kappa shape index (κ2) is 15.3. The fourth-order valence-electron chi connectivity index (χ4n) is 4.95. The minimum absolute atomic E-state index is 0.255. The summed E-state index contributed by atoms with van der Waals surface area (Å²) in [6.45, 7) is 2.38. The summed E-state index contributed by atoms with van der Waals surface area (Å²) >= 11 is 0. The SMILES string of the molecule is CCC[Si](CCCP(c1ccccc1)c1ccccc1)CCCP(c1ccccc1)c1ccccc1. The molecule has 0 aliphatic carbocycles. The van der Waals surface area contributed by atoms with E-state index in [1.807, 2.05) is 0 Å². The van der Waals surface area contributed by atoms with Crippen molar-refractivity contribution in [1.82, 2.24) is 0 Å². The molecule has 0 spiro atoms. The molecule has 36 heavy (non-hydrogen) atoms. The van der Waals surface area contributed by atoms with Crippen LogP contribution in [-0.4, -0.2) is 21.1 Å². The zero-order chi connectivity index (χ0) is 24.8. The van der Waals surface area contributed by atoms with E-state index in [1.54, 1.807) is 0 Å². The molecule has 0 bridgehead atoms. The van der Waals surface area contributed by atoms with Gasteiger partial charge in [-0.1, -0.05) is 166 Å². The lowest BCUT2D eigenvalue weighted by molar-refractivity contribution is 0.964.